The van der Waals surface area contributed by atoms with E-state index < -0.39 is 0 Å². The summed E-state index contributed by atoms with van der Waals surface area (Å²) < 4.78 is 0. The maximum Gasteiger partial charge on any atom is 0.137 e. The molecular weight excluding hydrogens is 300 g/mol. The zero-order chi connectivity index (χ0) is 17.3. The first-order valence-corrected chi connectivity index (χ1v) is 10.2. The molecule has 0 aliphatic heterocycles. The zero-order valence-corrected chi connectivity index (χ0v) is 15.5. The fourth-order valence-electron chi connectivity index (χ4n) is 7.88. The summed E-state index contributed by atoms with van der Waals surface area (Å²) in [4.78, 5) is 13.3. The van der Waals surface area contributed by atoms with Crippen molar-refractivity contribution in [1.82, 2.24) is 0 Å². The smallest absolute Gasteiger partial charge is 0.137 e. The highest BCUT2D eigenvalue weighted by Gasteiger charge is 2.63. The van der Waals surface area contributed by atoms with Gasteiger partial charge in [0.2, 0.25) is 0 Å². The number of aliphatic hydroxyl groups is 2. The zero-order valence-electron chi connectivity index (χ0n) is 15.5. The molecule has 4 aliphatic rings. The van der Waals surface area contributed by atoms with Crippen molar-refractivity contribution in [2.24, 2.45) is 40.4 Å². The molecule has 24 heavy (non-hydrogen) atoms. The van der Waals surface area contributed by atoms with E-state index in [1.54, 1.807) is 0 Å². The van der Waals surface area contributed by atoms with Crippen molar-refractivity contribution in [2.75, 3.05) is 0 Å². The summed E-state index contributed by atoms with van der Waals surface area (Å²) in [6, 6.07) is 0. The van der Waals surface area contributed by atoms with Crippen LogP contribution in [0.1, 0.15) is 72.1 Å². The van der Waals surface area contributed by atoms with Gasteiger partial charge in [0.05, 0.1) is 12.2 Å². The second-order valence-electron chi connectivity index (χ2n) is 10.0. The van der Waals surface area contributed by atoms with E-state index in [9.17, 15) is 15.0 Å². The number of rotatable bonds is 1. The molecule has 4 saturated carbocycles. The molecule has 4 rings (SSSR count). The van der Waals surface area contributed by atoms with Gasteiger partial charge in [0.25, 0.3) is 0 Å². The molecule has 0 amide bonds. The lowest BCUT2D eigenvalue weighted by Crippen LogP contribution is -2.58. The largest absolute Gasteiger partial charge is 0.393 e. The molecule has 0 bridgehead atoms. The number of hydrogen-bond acceptors (Lipinski definition) is 3. The van der Waals surface area contributed by atoms with Gasteiger partial charge in [-0.3, -0.25) is 4.79 Å². The van der Waals surface area contributed by atoms with Crippen LogP contribution in [0.2, 0.25) is 0 Å². The van der Waals surface area contributed by atoms with Gasteiger partial charge in [-0.25, -0.2) is 0 Å². The minimum absolute atomic E-state index is 0.00376. The number of ketones is 1. The Morgan fingerprint density at radius 2 is 1.83 bits per heavy atom. The summed E-state index contributed by atoms with van der Waals surface area (Å²) in [7, 11) is 0. The third-order valence-electron chi connectivity index (χ3n) is 8.98. The molecule has 3 heteroatoms. The predicted molar refractivity (Wildman–Crippen MR) is 93.3 cm³/mol. The fraction of sp³-hybridized carbons (Fsp3) is 0.952. The molecule has 0 spiro atoms. The number of Topliss-reactive ketones (excluding diaryl/α,β-unsaturated/α-hetero) is 1. The summed E-state index contributed by atoms with van der Waals surface area (Å²) in [6.45, 7) is 6.55. The van der Waals surface area contributed by atoms with Crippen molar-refractivity contribution in [3.8, 4) is 0 Å². The highest BCUT2D eigenvalue weighted by Crippen LogP contribution is 2.66. The molecule has 136 valence electrons. The highest BCUT2D eigenvalue weighted by molar-refractivity contribution is 5.84. The standard InChI is InChI=1S/C21H34O3/c1-12(22)16-6-7-17-15-5-4-13-10-14(23)8-9-20(13,2)19(15)18(24)11-21(16,17)3/h12-17,19,22-23H,4-11H2,1-3H3/t12-,13+,14+,15-,16+,17-,19+,20+,21+/m1/s1. The van der Waals surface area contributed by atoms with Gasteiger partial charge >= 0.3 is 0 Å². The third-order valence-corrected chi connectivity index (χ3v) is 8.98. The van der Waals surface area contributed by atoms with Crippen molar-refractivity contribution >= 4 is 5.78 Å². The number of hydrogen-bond donors (Lipinski definition) is 2. The Hall–Kier alpha value is -0.410. The van der Waals surface area contributed by atoms with Gasteiger partial charge in [0, 0.05) is 12.3 Å². The van der Waals surface area contributed by atoms with E-state index in [1.807, 2.05) is 6.92 Å². The molecule has 0 heterocycles. The van der Waals surface area contributed by atoms with Crippen LogP contribution in [-0.4, -0.2) is 28.2 Å². The van der Waals surface area contributed by atoms with E-state index in [2.05, 4.69) is 13.8 Å². The second-order valence-corrected chi connectivity index (χ2v) is 10.0. The van der Waals surface area contributed by atoms with E-state index in [-0.39, 0.29) is 34.9 Å². The Bertz CT molecular complexity index is 529. The van der Waals surface area contributed by atoms with Crippen molar-refractivity contribution in [2.45, 2.75) is 84.3 Å². The molecule has 0 saturated heterocycles. The average Bonchev–Trinajstić information content (AvgIpc) is 2.84. The van der Waals surface area contributed by atoms with E-state index in [1.165, 1.54) is 12.8 Å². The normalized spacial score (nSPS) is 55.5. The van der Waals surface area contributed by atoms with Crippen LogP contribution >= 0.6 is 0 Å². The summed E-state index contributed by atoms with van der Waals surface area (Å²) in [5.74, 6) is 2.58. The predicted octanol–water partition coefficient (Wildman–Crippen LogP) is 3.57. The number of aliphatic hydroxyl groups excluding tert-OH is 2. The molecule has 3 nitrogen and oxygen atoms in total. The molecule has 0 aromatic heterocycles. The van der Waals surface area contributed by atoms with Gasteiger partial charge in [-0.15, -0.1) is 0 Å². The van der Waals surface area contributed by atoms with Crippen molar-refractivity contribution in [1.29, 1.82) is 0 Å². The number of carbonyl (C=O) groups is 1. The maximum absolute atomic E-state index is 13.3. The van der Waals surface area contributed by atoms with Crippen LogP contribution in [0, 0.1) is 40.4 Å². The highest BCUT2D eigenvalue weighted by atomic mass is 16.3. The lowest BCUT2D eigenvalue weighted by molar-refractivity contribution is -0.163. The Morgan fingerprint density at radius 3 is 2.54 bits per heavy atom. The number of carbonyl (C=O) groups excluding carboxylic acids is 1. The van der Waals surface area contributed by atoms with Crippen LogP contribution in [0.5, 0.6) is 0 Å². The molecule has 4 aliphatic carbocycles. The SMILES string of the molecule is C[C@@H](O)[C@@H]1CC[C@@H]2[C@H]3CC[C@H]4C[C@@H](O)CC[C@]4(C)[C@@H]3C(=O)C[C@]21C. The first-order chi connectivity index (χ1) is 11.3. The van der Waals surface area contributed by atoms with E-state index in [4.69, 9.17) is 0 Å². The lowest BCUT2D eigenvalue weighted by Gasteiger charge is -2.60. The average molecular weight is 335 g/mol. The van der Waals surface area contributed by atoms with Crippen molar-refractivity contribution in [3.63, 3.8) is 0 Å². The van der Waals surface area contributed by atoms with Gasteiger partial charge in [-0.2, -0.15) is 0 Å². The molecule has 9 atom stereocenters. The molecule has 0 aromatic rings. The monoisotopic (exact) mass is 334 g/mol. The van der Waals surface area contributed by atoms with Crippen molar-refractivity contribution in [3.05, 3.63) is 0 Å². The van der Waals surface area contributed by atoms with Crippen LogP contribution in [0.25, 0.3) is 0 Å². The Labute approximate surface area is 146 Å². The summed E-state index contributed by atoms with van der Waals surface area (Å²) >= 11 is 0. The van der Waals surface area contributed by atoms with Crippen molar-refractivity contribution < 1.29 is 15.0 Å². The summed E-state index contributed by atoms with van der Waals surface area (Å²) in [5.41, 5.74) is 0.104. The van der Waals surface area contributed by atoms with Crippen LogP contribution in [0.3, 0.4) is 0 Å². The van der Waals surface area contributed by atoms with Gasteiger partial charge in [0.1, 0.15) is 5.78 Å². The topological polar surface area (TPSA) is 57.5 Å². The van der Waals surface area contributed by atoms with Crippen LogP contribution in [0.4, 0.5) is 0 Å². The number of fused-ring (bicyclic) bond motifs is 5. The summed E-state index contributed by atoms with van der Waals surface area (Å²) in [5, 5.41) is 20.4. The molecule has 0 aromatic carbocycles. The fourth-order valence-corrected chi connectivity index (χ4v) is 7.88. The van der Waals surface area contributed by atoms with Gasteiger partial charge < -0.3 is 10.2 Å². The molecule has 4 fully saturated rings. The minimum atomic E-state index is -0.305. The first-order valence-electron chi connectivity index (χ1n) is 10.2. The quantitative estimate of drug-likeness (QED) is 0.771. The molecule has 0 radical (unpaired) electrons. The second kappa shape index (κ2) is 5.54. The van der Waals surface area contributed by atoms with Gasteiger partial charge in [-0.05, 0) is 86.4 Å². The van der Waals surface area contributed by atoms with E-state index in [0.717, 1.165) is 32.1 Å². The maximum atomic E-state index is 13.3. The Balaban J connectivity index is 1.67. The summed E-state index contributed by atoms with van der Waals surface area (Å²) in [6.07, 6.45) is 7.56. The first kappa shape index (κ1) is 17.0. The van der Waals surface area contributed by atoms with Crippen LogP contribution < -0.4 is 0 Å². The Morgan fingerprint density at radius 1 is 1.08 bits per heavy atom. The molecular formula is C21H34O3. The third kappa shape index (κ3) is 2.19. The van der Waals surface area contributed by atoms with E-state index in [0.29, 0.717) is 30.0 Å². The van der Waals surface area contributed by atoms with E-state index >= 15 is 0 Å². The van der Waals surface area contributed by atoms with Gasteiger partial charge in [0.15, 0.2) is 0 Å². The lowest BCUT2D eigenvalue weighted by atomic mass is 9.44. The molecule has 2 N–H and O–H groups in total. The van der Waals surface area contributed by atoms with Gasteiger partial charge in [-0.1, -0.05) is 13.8 Å². The minimum Gasteiger partial charge on any atom is -0.393 e. The van der Waals surface area contributed by atoms with Crippen LogP contribution in [-0.2, 0) is 4.79 Å². The molecule has 0 unspecified atom stereocenters. The Kier molecular flexibility index (Phi) is 3.93. The van der Waals surface area contributed by atoms with Crippen LogP contribution in [0.15, 0.2) is 0 Å².